The molecule has 0 aliphatic carbocycles. The van der Waals surface area contributed by atoms with Gasteiger partial charge in [0.15, 0.2) is 0 Å². The predicted octanol–water partition coefficient (Wildman–Crippen LogP) is 2.66. The summed E-state index contributed by atoms with van der Waals surface area (Å²) in [5.41, 5.74) is -0.624. The molecule has 0 unspecified atom stereocenters. The Bertz CT molecular complexity index is 516. The number of nitrogens with zero attached hydrogens (tertiary/aromatic N) is 1. The van der Waals surface area contributed by atoms with Crippen LogP contribution in [0.5, 0.6) is 0 Å². The van der Waals surface area contributed by atoms with Crippen LogP contribution in [0.4, 0.5) is 5.69 Å². The van der Waals surface area contributed by atoms with Gasteiger partial charge in [-0.15, -0.1) is 0 Å². The Kier molecular flexibility index (Phi) is 3.49. The number of hydrogen-bond acceptors (Lipinski definition) is 4. The Morgan fingerprint density at radius 2 is 1.74 bits per heavy atom. The largest absolute Gasteiger partial charge is 0.501 e. The average molecular weight is 328 g/mol. The van der Waals surface area contributed by atoms with Crippen LogP contribution in [0.25, 0.3) is 0 Å². The maximum atomic E-state index is 11.2. The van der Waals surface area contributed by atoms with Crippen molar-refractivity contribution in [2.45, 2.75) is 38.9 Å². The van der Waals surface area contributed by atoms with E-state index < -0.39 is 23.2 Å². The van der Waals surface area contributed by atoms with E-state index >= 15 is 0 Å². The van der Waals surface area contributed by atoms with Crippen LogP contribution in [0.15, 0.2) is 22.7 Å². The van der Waals surface area contributed by atoms with Gasteiger partial charge in [0.25, 0.3) is 5.69 Å². The van der Waals surface area contributed by atoms with Crippen molar-refractivity contribution in [3.05, 3.63) is 32.8 Å². The van der Waals surface area contributed by atoms with Crippen molar-refractivity contribution < 1.29 is 14.2 Å². The van der Waals surface area contributed by atoms with Crippen LogP contribution in [-0.2, 0) is 9.31 Å². The van der Waals surface area contributed by atoms with E-state index in [1.807, 2.05) is 27.7 Å². The molecule has 0 bridgehead atoms. The van der Waals surface area contributed by atoms with Crippen LogP contribution in [0.3, 0.4) is 0 Å². The number of benzene rings is 1. The summed E-state index contributed by atoms with van der Waals surface area (Å²) in [6, 6.07) is 5.02. The second-order valence-electron chi connectivity index (χ2n) is 5.52. The average Bonchev–Trinajstić information content (AvgIpc) is 2.47. The van der Waals surface area contributed by atoms with Gasteiger partial charge in [-0.2, -0.15) is 0 Å². The van der Waals surface area contributed by atoms with Gasteiger partial charge in [0.05, 0.1) is 26.1 Å². The molecule has 1 aliphatic rings. The van der Waals surface area contributed by atoms with Crippen molar-refractivity contribution >= 4 is 34.2 Å². The first-order valence-electron chi connectivity index (χ1n) is 5.94. The summed E-state index contributed by atoms with van der Waals surface area (Å²) >= 11 is 3.20. The Labute approximate surface area is 120 Å². The fraction of sp³-hybridized carbons (Fsp3) is 0.500. The Morgan fingerprint density at radius 1 is 1.21 bits per heavy atom. The fourth-order valence-electron chi connectivity index (χ4n) is 1.88. The Hall–Kier alpha value is -0.915. The minimum absolute atomic E-state index is 0.0130. The van der Waals surface area contributed by atoms with E-state index in [-0.39, 0.29) is 5.69 Å². The summed E-state index contributed by atoms with van der Waals surface area (Å²) in [7, 11) is -0.733. The lowest BCUT2D eigenvalue weighted by molar-refractivity contribution is -0.384. The summed E-state index contributed by atoms with van der Waals surface area (Å²) in [6.45, 7) is 7.65. The maximum absolute atomic E-state index is 11.2. The summed E-state index contributed by atoms with van der Waals surface area (Å²) in [4.78, 5) is 10.8. The van der Waals surface area contributed by atoms with Crippen molar-refractivity contribution in [3.63, 3.8) is 0 Å². The molecular formula is C12H15BBrNO4. The highest BCUT2D eigenvalue weighted by molar-refractivity contribution is 9.10. The number of nitro benzene ring substituents is 1. The van der Waals surface area contributed by atoms with Crippen molar-refractivity contribution in [3.8, 4) is 0 Å². The monoisotopic (exact) mass is 327 g/mol. The topological polar surface area (TPSA) is 61.6 Å². The van der Waals surface area contributed by atoms with Gasteiger partial charge >= 0.3 is 7.12 Å². The lowest BCUT2D eigenvalue weighted by Crippen LogP contribution is -2.41. The molecule has 0 spiro atoms. The van der Waals surface area contributed by atoms with Gasteiger partial charge in [-0.05, 0) is 49.7 Å². The molecule has 1 aliphatic heterocycles. The summed E-state index contributed by atoms with van der Waals surface area (Å²) in [5.74, 6) is 0. The summed E-state index contributed by atoms with van der Waals surface area (Å²) in [5, 5.41) is 11.2. The molecule has 1 saturated heterocycles. The van der Waals surface area contributed by atoms with Crippen molar-refractivity contribution in [2.24, 2.45) is 0 Å². The Balaban J connectivity index is 2.46. The van der Waals surface area contributed by atoms with E-state index in [2.05, 4.69) is 15.9 Å². The molecule has 5 nitrogen and oxygen atoms in total. The van der Waals surface area contributed by atoms with Crippen LogP contribution in [0, 0.1) is 10.1 Å². The third-order valence-electron chi connectivity index (χ3n) is 3.71. The van der Waals surface area contributed by atoms with Gasteiger partial charge < -0.3 is 9.31 Å². The molecule has 0 amide bonds. The fourth-order valence-corrected chi connectivity index (χ4v) is 2.41. The first-order valence-corrected chi connectivity index (χ1v) is 6.73. The molecule has 0 N–H and O–H groups in total. The number of nitro groups is 1. The molecular weight excluding hydrogens is 313 g/mol. The van der Waals surface area contributed by atoms with Crippen molar-refractivity contribution in [2.75, 3.05) is 0 Å². The third-order valence-corrected chi connectivity index (χ3v) is 4.35. The molecule has 102 valence electrons. The van der Waals surface area contributed by atoms with E-state index in [1.165, 1.54) is 0 Å². The SMILES string of the molecule is CC1(C)OB(c2cccc(Br)c2[N+](=O)[O-])OC1(C)C. The van der Waals surface area contributed by atoms with Gasteiger partial charge in [-0.1, -0.05) is 12.1 Å². The first-order chi connectivity index (χ1) is 8.66. The third kappa shape index (κ3) is 2.42. The Morgan fingerprint density at radius 3 is 2.21 bits per heavy atom. The quantitative estimate of drug-likeness (QED) is 0.476. The van der Waals surface area contributed by atoms with Crippen LogP contribution >= 0.6 is 15.9 Å². The minimum Gasteiger partial charge on any atom is -0.399 e. The molecule has 1 heterocycles. The number of hydrogen-bond donors (Lipinski definition) is 0. The molecule has 0 atom stereocenters. The molecule has 1 fully saturated rings. The molecule has 7 heteroatoms. The predicted molar refractivity (Wildman–Crippen MR) is 76.5 cm³/mol. The molecule has 19 heavy (non-hydrogen) atoms. The van der Waals surface area contributed by atoms with E-state index in [0.29, 0.717) is 9.94 Å². The molecule has 1 aromatic carbocycles. The highest BCUT2D eigenvalue weighted by atomic mass is 79.9. The highest BCUT2D eigenvalue weighted by Gasteiger charge is 2.53. The van der Waals surface area contributed by atoms with Gasteiger partial charge in [0.2, 0.25) is 0 Å². The summed E-state index contributed by atoms with van der Waals surface area (Å²) < 4.78 is 12.1. The zero-order chi connectivity index (χ0) is 14.4. The maximum Gasteiger partial charge on any atom is 0.501 e. The smallest absolute Gasteiger partial charge is 0.399 e. The van der Waals surface area contributed by atoms with Gasteiger partial charge in [0, 0.05) is 0 Å². The van der Waals surface area contributed by atoms with Gasteiger partial charge in [-0.25, -0.2) is 0 Å². The highest BCUT2D eigenvalue weighted by Crippen LogP contribution is 2.37. The summed E-state index contributed by atoms with van der Waals surface area (Å²) in [6.07, 6.45) is 0. The number of para-hydroxylation sites is 1. The molecule has 2 rings (SSSR count). The second-order valence-corrected chi connectivity index (χ2v) is 6.38. The normalized spacial score (nSPS) is 20.6. The van der Waals surface area contributed by atoms with Crippen LogP contribution < -0.4 is 5.46 Å². The number of rotatable bonds is 2. The van der Waals surface area contributed by atoms with Crippen LogP contribution in [0.1, 0.15) is 27.7 Å². The minimum atomic E-state index is -0.733. The van der Waals surface area contributed by atoms with Crippen molar-refractivity contribution in [1.82, 2.24) is 0 Å². The lowest BCUT2D eigenvalue weighted by atomic mass is 9.78. The second kappa shape index (κ2) is 4.57. The lowest BCUT2D eigenvalue weighted by Gasteiger charge is -2.32. The standard InChI is InChI=1S/C12H15BBrNO4/c1-11(2)12(3,4)19-13(18-11)8-6-5-7-9(14)10(8)15(16)17/h5-7H,1-4H3. The first kappa shape index (κ1) is 14.5. The van der Waals surface area contributed by atoms with Crippen LogP contribution in [-0.4, -0.2) is 23.2 Å². The van der Waals surface area contributed by atoms with E-state index in [4.69, 9.17) is 9.31 Å². The van der Waals surface area contributed by atoms with E-state index in [9.17, 15) is 10.1 Å². The zero-order valence-electron chi connectivity index (χ0n) is 11.3. The molecule has 0 aromatic heterocycles. The van der Waals surface area contributed by atoms with Gasteiger partial charge in [-0.3, -0.25) is 10.1 Å². The zero-order valence-corrected chi connectivity index (χ0v) is 12.9. The van der Waals surface area contributed by atoms with E-state index in [0.717, 1.165) is 0 Å². The molecule has 0 saturated carbocycles. The van der Waals surface area contributed by atoms with Crippen LogP contribution in [0.2, 0.25) is 0 Å². The van der Waals surface area contributed by atoms with E-state index in [1.54, 1.807) is 18.2 Å². The molecule has 0 radical (unpaired) electrons. The number of halogens is 1. The van der Waals surface area contributed by atoms with Gasteiger partial charge in [0.1, 0.15) is 0 Å². The molecule has 1 aromatic rings. The van der Waals surface area contributed by atoms with Crippen molar-refractivity contribution in [1.29, 1.82) is 0 Å².